The van der Waals surface area contributed by atoms with Crippen LogP contribution in [0.5, 0.6) is 5.88 Å². The van der Waals surface area contributed by atoms with Crippen LogP contribution in [-0.4, -0.2) is 62.2 Å². The zero-order valence-corrected chi connectivity index (χ0v) is 14.9. The summed E-state index contributed by atoms with van der Waals surface area (Å²) >= 11 is 1.37. The molecule has 0 aliphatic heterocycles. The van der Waals surface area contributed by atoms with Crippen molar-refractivity contribution < 1.29 is 14.3 Å². The Labute approximate surface area is 139 Å². The molecule has 2 aromatic rings. The van der Waals surface area contributed by atoms with Crippen LogP contribution in [0.2, 0.25) is 0 Å². The molecular formula is C15H22N4O3S. The van der Waals surface area contributed by atoms with Crippen LogP contribution < -0.4 is 10.1 Å². The van der Waals surface area contributed by atoms with Gasteiger partial charge < -0.3 is 19.7 Å². The Balaban J connectivity index is 2.46. The average molecular weight is 338 g/mol. The predicted molar refractivity (Wildman–Crippen MR) is 90.3 cm³/mol. The summed E-state index contributed by atoms with van der Waals surface area (Å²) in [4.78, 5) is 24.6. The van der Waals surface area contributed by atoms with Crippen LogP contribution in [0.1, 0.15) is 21.1 Å². The molecule has 0 saturated carbocycles. The van der Waals surface area contributed by atoms with E-state index in [0.717, 1.165) is 22.3 Å². The average Bonchev–Trinajstić information content (AvgIpc) is 2.88. The number of aromatic nitrogens is 2. The Morgan fingerprint density at radius 3 is 2.70 bits per heavy atom. The van der Waals surface area contributed by atoms with Crippen molar-refractivity contribution in [1.82, 2.24) is 20.2 Å². The summed E-state index contributed by atoms with van der Waals surface area (Å²) in [7, 11) is 6.81. The minimum atomic E-state index is -0.0175. The summed E-state index contributed by atoms with van der Waals surface area (Å²) in [5.41, 5.74) is 0.854. The highest BCUT2D eigenvalue weighted by atomic mass is 32.1. The molecule has 23 heavy (non-hydrogen) atoms. The molecule has 0 spiro atoms. The number of rotatable bonds is 7. The fourth-order valence-electron chi connectivity index (χ4n) is 2.24. The van der Waals surface area contributed by atoms with Crippen LogP contribution in [0, 0.1) is 6.92 Å². The number of carbonyl (C=O) groups excluding carboxylic acids is 1. The van der Waals surface area contributed by atoms with Crippen molar-refractivity contribution >= 4 is 27.5 Å². The van der Waals surface area contributed by atoms with Crippen LogP contribution in [0.25, 0.3) is 10.2 Å². The smallest absolute Gasteiger partial charge is 0.264 e. The third-order valence-corrected chi connectivity index (χ3v) is 4.68. The monoisotopic (exact) mass is 338 g/mol. The van der Waals surface area contributed by atoms with Crippen LogP contribution >= 0.6 is 11.3 Å². The van der Waals surface area contributed by atoms with E-state index in [-0.39, 0.29) is 5.91 Å². The normalized spacial score (nSPS) is 11.0. The van der Waals surface area contributed by atoms with Crippen LogP contribution in [0.15, 0.2) is 0 Å². The lowest BCUT2D eigenvalue weighted by atomic mass is 10.2. The van der Waals surface area contributed by atoms with Crippen molar-refractivity contribution in [2.75, 3.05) is 41.4 Å². The van der Waals surface area contributed by atoms with E-state index in [0.29, 0.717) is 29.7 Å². The number of hydrogen-bond donors (Lipinski definition) is 1. The number of likely N-dealkylation sites (N-methyl/N-ethyl adjacent to an activating group) is 2. The first-order valence-electron chi connectivity index (χ1n) is 7.26. The fraction of sp³-hybridized carbons (Fsp3) is 0.533. The van der Waals surface area contributed by atoms with Crippen LogP contribution in [0.3, 0.4) is 0 Å². The van der Waals surface area contributed by atoms with Gasteiger partial charge in [0.2, 0.25) is 5.88 Å². The van der Waals surface area contributed by atoms with E-state index in [1.54, 1.807) is 26.2 Å². The van der Waals surface area contributed by atoms with E-state index < -0.39 is 0 Å². The zero-order chi connectivity index (χ0) is 17.0. The molecular weight excluding hydrogens is 316 g/mol. The van der Waals surface area contributed by atoms with Gasteiger partial charge in [-0.05, 0) is 19.5 Å². The van der Waals surface area contributed by atoms with Gasteiger partial charge in [0.25, 0.3) is 5.91 Å². The topological polar surface area (TPSA) is 76.6 Å². The van der Waals surface area contributed by atoms with Gasteiger partial charge in [0.15, 0.2) is 5.82 Å². The van der Waals surface area contributed by atoms with Gasteiger partial charge in [-0.1, -0.05) is 0 Å². The lowest BCUT2D eigenvalue weighted by Gasteiger charge is -2.16. The van der Waals surface area contributed by atoms with Gasteiger partial charge in [0.1, 0.15) is 11.4 Å². The Kier molecular flexibility index (Phi) is 5.86. The summed E-state index contributed by atoms with van der Waals surface area (Å²) < 4.78 is 10.5. The Hall–Kier alpha value is -1.77. The quantitative estimate of drug-likeness (QED) is 0.823. The number of carbonyl (C=O) groups is 1. The molecule has 1 N–H and O–H groups in total. The molecule has 0 unspecified atom stereocenters. The molecule has 126 valence electrons. The Bertz CT molecular complexity index is 702. The molecule has 2 heterocycles. The summed E-state index contributed by atoms with van der Waals surface area (Å²) in [6.07, 6.45) is 0. The number of amides is 1. The molecule has 0 fully saturated rings. The molecule has 8 heteroatoms. The maximum Gasteiger partial charge on any atom is 0.264 e. The van der Waals surface area contributed by atoms with Crippen LogP contribution in [-0.2, 0) is 11.3 Å². The molecule has 0 saturated heterocycles. The van der Waals surface area contributed by atoms with Crippen molar-refractivity contribution in [2.45, 2.75) is 13.5 Å². The molecule has 2 rings (SSSR count). The lowest BCUT2D eigenvalue weighted by Crippen LogP contribution is -2.32. The number of thiophene rings is 1. The minimum absolute atomic E-state index is 0.0175. The SMILES string of the molecule is CNCCN(C)C(=O)c1sc2nc(COC)nc(OC)c2c1C. The third kappa shape index (κ3) is 3.60. The van der Waals surface area contributed by atoms with Gasteiger partial charge in [-0.3, -0.25) is 4.79 Å². The second-order valence-electron chi connectivity index (χ2n) is 5.15. The number of fused-ring (bicyclic) bond motifs is 1. The van der Waals surface area contributed by atoms with E-state index in [1.165, 1.54) is 11.3 Å². The molecule has 0 aliphatic rings. The standard InChI is InChI=1S/C15H22N4O3S/c1-9-11-13(22-5)17-10(8-21-4)18-14(11)23-12(9)15(20)19(3)7-6-16-2/h16H,6-8H2,1-5H3. The third-order valence-electron chi connectivity index (χ3n) is 3.51. The molecule has 0 aliphatic carbocycles. The van der Waals surface area contributed by atoms with E-state index in [4.69, 9.17) is 9.47 Å². The zero-order valence-electron chi connectivity index (χ0n) is 14.1. The second kappa shape index (κ2) is 7.67. The first kappa shape index (κ1) is 17.6. The van der Waals surface area contributed by atoms with Crippen molar-refractivity contribution in [3.63, 3.8) is 0 Å². The molecule has 0 bridgehead atoms. The second-order valence-corrected chi connectivity index (χ2v) is 6.15. The van der Waals surface area contributed by atoms with Gasteiger partial charge >= 0.3 is 0 Å². The number of hydrogen-bond acceptors (Lipinski definition) is 7. The van der Waals surface area contributed by atoms with Crippen LogP contribution in [0.4, 0.5) is 0 Å². The highest BCUT2D eigenvalue weighted by Crippen LogP contribution is 2.35. The maximum absolute atomic E-state index is 12.6. The molecule has 2 aromatic heterocycles. The van der Waals surface area contributed by atoms with E-state index in [9.17, 15) is 4.79 Å². The first-order chi connectivity index (χ1) is 11.0. The number of nitrogens with zero attached hydrogens (tertiary/aromatic N) is 3. The maximum atomic E-state index is 12.6. The highest BCUT2D eigenvalue weighted by molar-refractivity contribution is 7.20. The van der Waals surface area contributed by atoms with E-state index >= 15 is 0 Å². The minimum Gasteiger partial charge on any atom is -0.480 e. The largest absolute Gasteiger partial charge is 0.480 e. The summed E-state index contributed by atoms with van der Waals surface area (Å²) in [5.74, 6) is 1.00. The van der Waals surface area contributed by atoms with Gasteiger partial charge in [0.05, 0.1) is 17.4 Å². The number of ether oxygens (including phenoxy) is 2. The van der Waals surface area contributed by atoms with E-state index in [1.807, 2.05) is 14.0 Å². The van der Waals surface area contributed by atoms with E-state index in [2.05, 4.69) is 15.3 Å². The molecule has 1 amide bonds. The molecule has 0 atom stereocenters. The Morgan fingerprint density at radius 1 is 1.35 bits per heavy atom. The van der Waals surface area contributed by atoms with Gasteiger partial charge in [0, 0.05) is 27.2 Å². The lowest BCUT2D eigenvalue weighted by molar-refractivity contribution is 0.0801. The Morgan fingerprint density at radius 2 is 2.09 bits per heavy atom. The molecule has 0 radical (unpaired) electrons. The summed E-state index contributed by atoms with van der Waals surface area (Å²) in [6, 6.07) is 0. The van der Waals surface area contributed by atoms with Gasteiger partial charge in [-0.25, -0.2) is 4.98 Å². The van der Waals surface area contributed by atoms with Crippen molar-refractivity contribution in [1.29, 1.82) is 0 Å². The van der Waals surface area contributed by atoms with Crippen molar-refractivity contribution in [3.05, 3.63) is 16.3 Å². The molecule has 7 nitrogen and oxygen atoms in total. The highest BCUT2D eigenvalue weighted by Gasteiger charge is 2.23. The number of aryl methyl sites for hydroxylation is 1. The van der Waals surface area contributed by atoms with Crippen molar-refractivity contribution in [3.8, 4) is 5.88 Å². The summed E-state index contributed by atoms with van der Waals surface area (Å²) in [5, 5.41) is 3.83. The number of nitrogens with one attached hydrogen (secondary N) is 1. The molecule has 0 aromatic carbocycles. The summed E-state index contributed by atoms with van der Waals surface area (Å²) in [6.45, 7) is 3.59. The first-order valence-corrected chi connectivity index (χ1v) is 8.08. The fourth-order valence-corrected chi connectivity index (χ4v) is 3.43. The number of methoxy groups -OCH3 is 2. The van der Waals surface area contributed by atoms with Gasteiger partial charge in [-0.2, -0.15) is 4.98 Å². The predicted octanol–water partition coefficient (Wildman–Crippen LogP) is 1.45. The van der Waals surface area contributed by atoms with Gasteiger partial charge in [-0.15, -0.1) is 11.3 Å². The van der Waals surface area contributed by atoms with Crippen molar-refractivity contribution in [2.24, 2.45) is 0 Å².